The zero-order chi connectivity index (χ0) is 13.5. The average Bonchev–Trinajstić information content (AvgIpc) is 2.97. The summed E-state index contributed by atoms with van der Waals surface area (Å²) >= 11 is 0. The van der Waals surface area contributed by atoms with Gasteiger partial charge in [0.2, 0.25) is 5.95 Å². The average molecular weight is 263 g/mol. The monoisotopic (exact) mass is 263 g/mol. The van der Waals surface area contributed by atoms with Gasteiger partial charge in [0, 0.05) is 25.0 Å². The molecule has 19 heavy (non-hydrogen) atoms. The van der Waals surface area contributed by atoms with Gasteiger partial charge in [-0.3, -0.25) is 5.10 Å². The number of H-pyrrole nitrogens is 1. The Labute approximate surface area is 115 Å². The van der Waals surface area contributed by atoms with Crippen LogP contribution in [0.25, 0.3) is 0 Å². The minimum absolute atomic E-state index is 0.271. The maximum Gasteiger partial charge on any atom is 0.244 e. The van der Waals surface area contributed by atoms with Gasteiger partial charge in [-0.05, 0) is 24.7 Å². The summed E-state index contributed by atoms with van der Waals surface area (Å²) in [6.07, 6.45) is 6.19. The van der Waals surface area contributed by atoms with Gasteiger partial charge in [0.25, 0.3) is 0 Å². The lowest BCUT2D eigenvalue weighted by atomic mass is 9.68. The highest BCUT2D eigenvalue weighted by Gasteiger charge is 2.36. The molecule has 2 heterocycles. The van der Waals surface area contributed by atoms with E-state index in [-0.39, 0.29) is 6.04 Å². The first kappa shape index (κ1) is 12.9. The lowest BCUT2D eigenvalue weighted by Gasteiger charge is -2.37. The summed E-state index contributed by atoms with van der Waals surface area (Å²) in [7, 11) is 0. The molecular weight excluding hydrogens is 238 g/mol. The Morgan fingerprint density at radius 3 is 2.84 bits per heavy atom. The van der Waals surface area contributed by atoms with E-state index in [0.717, 1.165) is 31.3 Å². The summed E-state index contributed by atoms with van der Waals surface area (Å²) in [6.45, 7) is 6.56. The summed E-state index contributed by atoms with van der Waals surface area (Å²) in [5.74, 6) is 2.42. The Kier molecular flexibility index (Phi) is 3.25. The second kappa shape index (κ2) is 4.78. The summed E-state index contributed by atoms with van der Waals surface area (Å²) in [6, 6.07) is 0.271. The van der Waals surface area contributed by atoms with Crippen molar-refractivity contribution in [3.05, 3.63) is 5.82 Å². The second-order valence-corrected chi connectivity index (χ2v) is 6.80. The molecule has 5 heteroatoms. The summed E-state index contributed by atoms with van der Waals surface area (Å²) in [4.78, 5) is 6.94. The summed E-state index contributed by atoms with van der Waals surface area (Å²) in [5, 5.41) is 7.59. The summed E-state index contributed by atoms with van der Waals surface area (Å²) in [5.41, 5.74) is 6.28. The first-order valence-electron chi connectivity index (χ1n) is 7.49. The van der Waals surface area contributed by atoms with Crippen molar-refractivity contribution in [2.24, 2.45) is 11.1 Å². The zero-order valence-electron chi connectivity index (χ0n) is 12.0. The molecule has 0 radical (unpaired) electrons. The smallest absolute Gasteiger partial charge is 0.244 e. The number of aromatic nitrogens is 3. The molecule has 1 aromatic heterocycles. The molecule has 5 nitrogen and oxygen atoms in total. The van der Waals surface area contributed by atoms with Gasteiger partial charge in [0.15, 0.2) is 0 Å². The van der Waals surface area contributed by atoms with Crippen LogP contribution in [-0.4, -0.2) is 34.3 Å². The van der Waals surface area contributed by atoms with Gasteiger partial charge >= 0.3 is 0 Å². The van der Waals surface area contributed by atoms with Crippen LogP contribution in [0.2, 0.25) is 0 Å². The van der Waals surface area contributed by atoms with Crippen LogP contribution in [0.15, 0.2) is 0 Å². The van der Waals surface area contributed by atoms with E-state index < -0.39 is 0 Å². The molecule has 2 unspecified atom stereocenters. The molecule has 106 valence electrons. The lowest BCUT2D eigenvalue weighted by molar-refractivity contribution is 0.193. The topological polar surface area (TPSA) is 70.8 Å². The Bertz CT molecular complexity index is 439. The highest BCUT2D eigenvalue weighted by atomic mass is 15.4. The summed E-state index contributed by atoms with van der Waals surface area (Å²) < 4.78 is 0. The van der Waals surface area contributed by atoms with Crippen LogP contribution >= 0.6 is 0 Å². The number of nitrogens with one attached hydrogen (secondary N) is 1. The first-order valence-corrected chi connectivity index (χ1v) is 7.49. The van der Waals surface area contributed by atoms with Crippen LogP contribution in [0.4, 0.5) is 5.95 Å². The molecule has 0 amide bonds. The van der Waals surface area contributed by atoms with Crippen LogP contribution < -0.4 is 10.6 Å². The second-order valence-electron chi connectivity index (χ2n) is 6.80. The number of aromatic amines is 1. The molecule has 1 saturated heterocycles. The van der Waals surface area contributed by atoms with Gasteiger partial charge in [-0.15, -0.1) is 5.10 Å². The van der Waals surface area contributed by atoms with E-state index >= 15 is 0 Å². The molecule has 2 atom stereocenters. The fraction of sp³-hybridized carbons (Fsp3) is 0.857. The SMILES string of the molecule is CC1(C)CCCCC1c1nc(N2CCC(N)C2)n[nH]1. The fourth-order valence-corrected chi connectivity index (χ4v) is 3.53. The Morgan fingerprint density at radius 2 is 2.16 bits per heavy atom. The lowest BCUT2D eigenvalue weighted by Crippen LogP contribution is -2.28. The third kappa shape index (κ3) is 2.48. The standard InChI is InChI=1S/C14H25N5/c1-14(2)7-4-3-5-11(14)12-16-13(18-17-12)19-8-6-10(15)9-19/h10-11H,3-9,15H2,1-2H3,(H,16,17,18). The van der Waals surface area contributed by atoms with Crippen molar-refractivity contribution in [3.63, 3.8) is 0 Å². The molecule has 2 fully saturated rings. The third-order valence-electron chi connectivity index (χ3n) is 4.84. The molecule has 0 aromatic carbocycles. The van der Waals surface area contributed by atoms with Crippen molar-refractivity contribution in [2.45, 2.75) is 57.9 Å². The van der Waals surface area contributed by atoms with Gasteiger partial charge in [-0.25, -0.2) is 0 Å². The quantitative estimate of drug-likeness (QED) is 0.856. The molecule has 0 bridgehead atoms. The van der Waals surface area contributed by atoms with Crippen molar-refractivity contribution < 1.29 is 0 Å². The van der Waals surface area contributed by atoms with E-state index in [4.69, 9.17) is 10.7 Å². The van der Waals surface area contributed by atoms with Crippen LogP contribution in [0.5, 0.6) is 0 Å². The van der Waals surface area contributed by atoms with Crippen molar-refractivity contribution in [2.75, 3.05) is 18.0 Å². The molecule has 1 aliphatic heterocycles. The van der Waals surface area contributed by atoms with Gasteiger partial charge in [0.05, 0.1) is 0 Å². The Balaban J connectivity index is 1.77. The zero-order valence-corrected chi connectivity index (χ0v) is 12.0. The van der Waals surface area contributed by atoms with Crippen LogP contribution in [0.3, 0.4) is 0 Å². The Morgan fingerprint density at radius 1 is 1.32 bits per heavy atom. The highest BCUT2D eigenvalue weighted by molar-refractivity contribution is 5.32. The molecule has 1 aromatic rings. The predicted octanol–water partition coefficient (Wildman–Crippen LogP) is 2.03. The van der Waals surface area contributed by atoms with Crippen LogP contribution in [0.1, 0.15) is 57.7 Å². The van der Waals surface area contributed by atoms with E-state index in [0.29, 0.717) is 11.3 Å². The van der Waals surface area contributed by atoms with Gasteiger partial charge in [0.1, 0.15) is 5.82 Å². The largest absolute Gasteiger partial charge is 0.338 e. The molecule has 3 N–H and O–H groups in total. The van der Waals surface area contributed by atoms with E-state index in [2.05, 4.69) is 28.9 Å². The molecule has 0 spiro atoms. The van der Waals surface area contributed by atoms with Crippen molar-refractivity contribution >= 4 is 5.95 Å². The minimum Gasteiger partial charge on any atom is -0.338 e. The van der Waals surface area contributed by atoms with Gasteiger partial charge in [-0.1, -0.05) is 26.7 Å². The van der Waals surface area contributed by atoms with Crippen molar-refractivity contribution in [3.8, 4) is 0 Å². The van der Waals surface area contributed by atoms with E-state index in [1.807, 2.05) is 0 Å². The molecule has 1 saturated carbocycles. The predicted molar refractivity (Wildman–Crippen MR) is 76.2 cm³/mol. The van der Waals surface area contributed by atoms with Crippen LogP contribution in [0, 0.1) is 5.41 Å². The normalized spacial score (nSPS) is 30.8. The number of hydrogen-bond acceptors (Lipinski definition) is 4. The number of rotatable bonds is 2. The Hall–Kier alpha value is -1.10. The number of nitrogens with zero attached hydrogens (tertiary/aromatic N) is 3. The number of nitrogens with two attached hydrogens (primary N) is 1. The van der Waals surface area contributed by atoms with E-state index in [1.54, 1.807) is 0 Å². The van der Waals surface area contributed by atoms with E-state index in [9.17, 15) is 0 Å². The van der Waals surface area contributed by atoms with Crippen molar-refractivity contribution in [1.82, 2.24) is 15.2 Å². The third-order valence-corrected chi connectivity index (χ3v) is 4.84. The minimum atomic E-state index is 0.271. The number of anilines is 1. The first-order chi connectivity index (χ1) is 9.06. The van der Waals surface area contributed by atoms with E-state index in [1.165, 1.54) is 25.7 Å². The molecule has 1 aliphatic carbocycles. The van der Waals surface area contributed by atoms with Gasteiger partial charge in [-0.2, -0.15) is 4.98 Å². The number of hydrogen-bond donors (Lipinski definition) is 2. The molecular formula is C14H25N5. The highest BCUT2D eigenvalue weighted by Crippen LogP contribution is 2.45. The maximum atomic E-state index is 5.95. The molecule has 3 rings (SSSR count). The fourth-order valence-electron chi connectivity index (χ4n) is 3.53. The van der Waals surface area contributed by atoms with Crippen LogP contribution in [-0.2, 0) is 0 Å². The van der Waals surface area contributed by atoms with Crippen molar-refractivity contribution in [1.29, 1.82) is 0 Å². The molecule has 2 aliphatic rings. The maximum absolute atomic E-state index is 5.95. The van der Waals surface area contributed by atoms with Gasteiger partial charge < -0.3 is 10.6 Å².